The fraction of sp³-hybridized carbons (Fsp3) is 0.529. The molecule has 1 atom stereocenters. The van der Waals surface area contributed by atoms with E-state index < -0.39 is 0 Å². The van der Waals surface area contributed by atoms with Gasteiger partial charge in [-0.15, -0.1) is 0 Å². The van der Waals surface area contributed by atoms with Crippen molar-refractivity contribution in [3.63, 3.8) is 0 Å². The molecule has 0 saturated heterocycles. The van der Waals surface area contributed by atoms with E-state index in [0.29, 0.717) is 0 Å². The molecule has 0 bridgehead atoms. The van der Waals surface area contributed by atoms with Crippen LogP contribution in [0.5, 0.6) is 5.75 Å². The molecule has 0 fully saturated rings. The van der Waals surface area contributed by atoms with Crippen molar-refractivity contribution in [1.82, 2.24) is 9.97 Å². The van der Waals surface area contributed by atoms with Crippen LogP contribution in [-0.4, -0.2) is 16.6 Å². The first-order valence-electron chi connectivity index (χ1n) is 14.8. The van der Waals surface area contributed by atoms with Crippen LogP contribution in [-0.2, 0) is 6.42 Å². The standard InChI is InChI=1S/C34H48N2O/c1-4-6-7-9-13-16-29-26-35-34(36-27-29)32-19-17-30(18-20-32)31-21-23-33(24-22-31)37-25-14-11-8-10-12-15-28(3)5-2/h17-24,26-28H,4-16,25H2,1-3H3/t28-/m0/s1. The Morgan fingerprint density at radius 3 is 1.89 bits per heavy atom. The molecule has 0 aliphatic rings. The van der Waals surface area contributed by atoms with Gasteiger partial charge in [-0.1, -0.05) is 121 Å². The van der Waals surface area contributed by atoms with Crippen LogP contribution in [0.1, 0.15) is 103 Å². The third-order valence-electron chi connectivity index (χ3n) is 7.41. The third kappa shape index (κ3) is 10.7. The van der Waals surface area contributed by atoms with Gasteiger partial charge in [0, 0.05) is 18.0 Å². The lowest BCUT2D eigenvalue weighted by Crippen LogP contribution is -1.97. The SMILES string of the molecule is CCCCCCCc1cnc(-c2ccc(-c3ccc(OCCCCCCC[C@@H](C)CC)cc3)cc2)nc1. The summed E-state index contributed by atoms with van der Waals surface area (Å²) < 4.78 is 5.97. The number of nitrogens with zero attached hydrogens (tertiary/aromatic N) is 2. The minimum Gasteiger partial charge on any atom is -0.494 e. The van der Waals surface area contributed by atoms with Crippen LogP contribution in [0.3, 0.4) is 0 Å². The fourth-order valence-electron chi connectivity index (χ4n) is 4.64. The molecule has 3 rings (SSSR count). The van der Waals surface area contributed by atoms with Gasteiger partial charge < -0.3 is 4.74 Å². The number of hydrogen-bond donors (Lipinski definition) is 0. The Balaban J connectivity index is 1.39. The van der Waals surface area contributed by atoms with E-state index in [1.165, 1.54) is 87.3 Å². The third-order valence-corrected chi connectivity index (χ3v) is 7.41. The summed E-state index contributed by atoms with van der Waals surface area (Å²) in [6.07, 6.45) is 20.6. The first-order valence-corrected chi connectivity index (χ1v) is 14.8. The molecular weight excluding hydrogens is 452 g/mol. The Kier molecular flexibility index (Phi) is 13.2. The second-order valence-corrected chi connectivity index (χ2v) is 10.6. The zero-order chi connectivity index (χ0) is 26.1. The minimum atomic E-state index is 0.792. The molecule has 0 saturated carbocycles. The first kappa shape index (κ1) is 28.9. The maximum absolute atomic E-state index is 5.97. The molecule has 0 radical (unpaired) electrons. The monoisotopic (exact) mass is 500 g/mol. The van der Waals surface area contributed by atoms with Gasteiger partial charge in [0.15, 0.2) is 5.82 Å². The highest BCUT2D eigenvalue weighted by Crippen LogP contribution is 2.25. The molecule has 3 heteroatoms. The molecule has 0 aliphatic carbocycles. The van der Waals surface area contributed by atoms with Crippen molar-refractivity contribution < 1.29 is 4.74 Å². The van der Waals surface area contributed by atoms with Gasteiger partial charge in [0.05, 0.1) is 6.61 Å². The van der Waals surface area contributed by atoms with Crippen LogP contribution < -0.4 is 4.74 Å². The summed E-state index contributed by atoms with van der Waals surface area (Å²) in [7, 11) is 0. The fourth-order valence-corrected chi connectivity index (χ4v) is 4.64. The molecule has 0 N–H and O–H groups in total. The zero-order valence-corrected chi connectivity index (χ0v) is 23.6. The molecule has 1 heterocycles. The van der Waals surface area contributed by atoms with Crippen molar-refractivity contribution in [3.8, 4) is 28.3 Å². The van der Waals surface area contributed by atoms with E-state index in [1.807, 2.05) is 12.4 Å². The first-order chi connectivity index (χ1) is 18.2. The van der Waals surface area contributed by atoms with Gasteiger partial charge in [-0.3, -0.25) is 0 Å². The number of unbranched alkanes of at least 4 members (excludes halogenated alkanes) is 8. The quantitative estimate of drug-likeness (QED) is 0.163. The van der Waals surface area contributed by atoms with Crippen molar-refractivity contribution in [2.75, 3.05) is 6.61 Å². The molecule has 1 aromatic heterocycles. The lowest BCUT2D eigenvalue weighted by atomic mass is 10.0. The van der Waals surface area contributed by atoms with Crippen molar-refractivity contribution >= 4 is 0 Å². The van der Waals surface area contributed by atoms with Crippen molar-refractivity contribution in [2.45, 2.75) is 104 Å². The Hall–Kier alpha value is -2.68. The highest BCUT2D eigenvalue weighted by atomic mass is 16.5. The lowest BCUT2D eigenvalue weighted by molar-refractivity contribution is 0.304. The van der Waals surface area contributed by atoms with E-state index in [1.54, 1.807) is 0 Å². The van der Waals surface area contributed by atoms with Crippen LogP contribution in [0, 0.1) is 5.92 Å². The summed E-state index contributed by atoms with van der Waals surface area (Å²) in [6, 6.07) is 17.0. The Labute approximate surface area is 226 Å². The Morgan fingerprint density at radius 2 is 1.22 bits per heavy atom. The van der Waals surface area contributed by atoms with Gasteiger partial charge in [0.2, 0.25) is 0 Å². The Morgan fingerprint density at radius 1 is 0.649 bits per heavy atom. The average molecular weight is 501 g/mol. The smallest absolute Gasteiger partial charge is 0.159 e. The highest BCUT2D eigenvalue weighted by Gasteiger charge is 2.05. The average Bonchev–Trinajstić information content (AvgIpc) is 2.95. The van der Waals surface area contributed by atoms with Gasteiger partial charge in [0.1, 0.15) is 5.75 Å². The number of hydrogen-bond acceptors (Lipinski definition) is 3. The molecule has 0 amide bonds. The van der Waals surface area contributed by atoms with E-state index in [2.05, 4.69) is 79.3 Å². The van der Waals surface area contributed by atoms with Gasteiger partial charge in [-0.2, -0.15) is 0 Å². The lowest BCUT2D eigenvalue weighted by Gasteiger charge is -2.09. The maximum Gasteiger partial charge on any atom is 0.159 e. The number of ether oxygens (including phenoxy) is 1. The summed E-state index contributed by atoms with van der Waals surface area (Å²) in [5.41, 5.74) is 4.67. The molecule has 2 aromatic carbocycles. The summed E-state index contributed by atoms with van der Waals surface area (Å²) >= 11 is 0. The van der Waals surface area contributed by atoms with Crippen LogP contribution in [0.25, 0.3) is 22.5 Å². The molecular formula is C34H48N2O. The van der Waals surface area contributed by atoms with Crippen molar-refractivity contribution in [1.29, 1.82) is 0 Å². The van der Waals surface area contributed by atoms with Gasteiger partial charge in [0.25, 0.3) is 0 Å². The predicted molar refractivity (Wildman–Crippen MR) is 158 cm³/mol. The van der Waals surface area contributed by atoms with Crippen LogP contribution in [0.15, 0.2) is 60.9 Å². The molecule has 37 heavy (non-hydrogen) atoms. The highest BCUT2D eigenvalue weighted by molar-refractivity contribution is 5.68. The molecule has 0 aliphatic heterocycles. The summed E-state index contributed by atoms with van der Waals surface area (Å²) in [4.78, 5) is 9.23. The van der Waals surface area contributed by atoms with E-state index >= 15 is 0 Å². The van der Waals surface area contributed by atoms with E-state index in [4.69, 9.17) is 4.74 Å². The van der Waals surface area contributed by atoms with E-state index in [-0.39, 0.29) is 0 Å². The second-order valence-electron chi connectivity index (χ2n) is 10.6. The molecule has 3 nitrogen and oxygen atoms in total. The number of rotatable bonds is 18. The summed E-state index contributed by atoms with van der Waals surface area (Å²) in [6.45, 7) is 7.71. The normalized spacial score (nSPS) is 12.0. The summed E-state index contributed by atoms with van der Waals surface area (Å²) in [5.74, 6) is 2.63. The number of benzene rings is 2. The molecule has 3 aromatic rings. The molecule has 0 spiro atoms. The second kappa shape index (κ2) is 16.9. The molecule has 0 unspecified atom stereocenters. The van der Waals surface area contributed by atoms with Gasteiger partial charge in [-0.25, -0.2) is 9.97 Å². The topological polar surface area (TPSA) is 35.0 Å². The minimum absolute atomic E-state index is 0.792. The van der Waals surface area contributed by atoms with Gasteiger partial charge in [-0.05, 0) is 54.0 Å². The molecule has 200 valence electrons. The maximum atomic E-state index is 5.97. The Bertz CT molecular complexity index is 980. The van der Waals surface area contributed by atoms with Crippen LogP contribution in [0.4, 0.5) is 0 Å². The van der Waals surface area contributed by atoms with Crippen LogP contribution in [0.2, 0.25) is 0 Å². The van der Waals surface area contributed by atoms with E-state index in [9.17, 15) is 0 Å². The van der Waals surface area contributed by atoms with Crippen molar-refractivity contribution in [2.24, 2.45) is 5.92 Å². The predicted octanol–water partition coefficient (Wildman–Crippen LogP) is 10.1. The summed E-state index contributed by atoms with van der Waals surface area (Å²) in [5, 5.41) is 0. The number of aryl methyl sites for hydroxylation is 1. The largest absolute Gasteiger partial charge is 0.494 e. The van der Waals surface area contributed by atoms with Gasteiger partial charge >= 0.3 is 0 Å². The van der Waals surface area contributed by atoms with Crippen molar-refractivity contribution in [3.05, 3.63) is 66.5 Å². The zero-order valence-electron chi connectivity index (χ0n) is 23.6. The number of aromatic nitrogens is 2. The van der Waals surface area contributed by atoms with E-state index in [0.717, 1.165) is 42.5 Å². The van der Waals surface area contributed by atoms with Crippen LogP contribution >= 0.6 is 0 Å².